The molecule has 0 unspecified atom stereocenters. The highest BCUT2D eigenvalue weighted by Crippen LogP contribution is 2.28. The summed E-state index contributed by atoms with van der Waals surface area (Å²) < 4.78 is 5.75. The summed E-state index contributed by atoms with van der Waals surface area (Å²) in [7, 11) is 0. The van der Waals surface area contributed by atoms with Crippen molar-refractivity contribution in [2.45, 2.75) is 39.2 Å². The van der Waals surface area contributed by atoms with Crippen molar-refractivity contribution in [1.29, 1.82) is 0 Å². The normalized spacial score (nSPS) is 11.2. The van der Waals surface area contributed by atoms with Crippen LogP contribution in [0, 0.1) is 0 Å². The first kappa shape index (κ1) is 16.1. The monoisotopic (exact) mass is 298 g/mol. The summed E-state index contributed by atoms with van der Waals surface area (Å²) >= 11 is 0. The van der Waals surface area contributed by atoms with Gasteiger partial charge in [0.25, 0.3) is 0 Å². The highest BCUT2D eigenvalue weighted by molar-refractivity contribution is 5.87. The van der Waals surface area contributed by atoms with Crippen molar-refractivity contribution in [3.8, 4) is 5.75 Å². The third-order valence-corrected chi connectivity index (χ3v) is 4.13. The van der Waals surface area contributed by atoms with E-state index < -0.39 is 5.97 Å². The van der Waals surface area contributed by atoms with Gasteiger partial charge in [-0.2, -0.15) is 0 Å². The lowest BCUT2D eigenvalue weighted by Crippen LogP contribution is -2.15. The topological polar surface area (TPSA) is 46.5 Å². The van der Waals surface area contributed by atoms with Crippen molar-refractivity contribution in [2.24, 2.45) is 0 Å². The molecule has 0 spiro atoms. The van der Waals surface area contributed by atoms with Crippen molar-refractivity contribution < 1.29 is 14.6 Å². The van der Waals surface area contributed by atoms with Gasteiger partial charge in [-0.25, -0.2) is 4.79 Å². The molecule has 3 nitrogen and oxygen atoms in total. The second-order valence-electron chi connectivity index (χ2n) is 6.05. The van der Waals surface area contributed by atoms with Gasteiger partial charge < -0.3 is 9.84 Å². The van der Waals surface area contributed by atoms with Crippen molar-refractivity contribution in [3.63, 3.8) is 0 Å². The first-order chi connectivity index (χ1) is 10.4. The van der Waals surface area contributed by atoms with Gasteiger partial charge in [0, 0.05) is 0 Å². The Balaban J connectivity index is 1.98. The molecule has 1 N–H and O–H groups in total. The zero-order valence-electron chi connectivity index (χ0n) is 13.3. The molecule has 0 fully saturated rings. The van der Waals surface area contributed by atoms with Gasteiger partial charge in [-0.3, -0.25) is 0 Å². The number of benzene rings is 2. The minimum absolute atomic E-state index is 0.172. The lowest BCUT2D eigenvalue weighted by molar-refractivity contribution is 0.0697. The van der Waals surface area contributed by atoms with E-state index in [4.69, 9.17) is 9.84 Å². The number of rotatable bonds is 6. The van der Waals surface area contributed by atoms with E-state index in [9.17, 15) is 4.79 Å². The fourth-order valence-electron chi connectivity index (χ4n) is 2.12. The molecule has 0 aliphatic rings. The van der Waals surface area contributed by atoms with Crippen LogP contribution in [-0.4, -0.2) is 11.1 Å². The maximum Gasteiger partial charge on any atom is 0.335 e. The standard InChI is InChI=1S/C19H22O3/c1-4-19(2,3)16-9-11-17(12-10-16)22-13-14-5-7-15(8-6-14)18(20)21/h5-12H,4,13H2,1-3H3,(H,20,21). The molecular weight excluding hydrogens is 276 g/mol. The average Bonchev–Trinajstić information content (AvgIpc) is 2.53. The molecule has 3 heteroatoms. The van der Waals surface area contributed by atoms with Crippen LogP contribution < -0.4 is 4.74 Å². The number of hydrogen-bond donors (Lipinski definition) is 1. The van der Waals surface area contributed by atoms with Crippen LogP contribution in [0.4, 0.5) is 0 Å². The largest absolute Gasteiger partial charge is 0.489 e. The van der Waals surface area contributed by atoms with Crippen molar-refractivity contribution >= 4 is 5.97 Å². The molecule has 0 saturated carbocycles. The van der Waals surface area contributed by atoms with Crippen LogP contribution in [-0.2, 0) is 12.0 Å². The Labute approximate surface area is 131 Å². The van der Waals surface area contributed by atoms with Crippen LogP contribution in [0.25, 0.3) is 0 Å². The molecule has 2 aromatic carbocycles. The van der Waals surface area contributed by atoms with Crippen LogP contribution >= 0.6 is 0 Å². The molecule has 0 atom stereocenters. The van der Waals surface area contributed by atoms with E-state index in [-0.39, 0.29) is 11.0 Å². The summed E-state index contributed by atoms with van der Waals surface area (Å²) in [4.78, 5) is 10.8. The van der Waals surface area contributed by atoms with E-state index in [1.54, 1.807) is 24.3 Å². The Hall–Kier alpha value is -2.29. The van der Waals surface area contributed by atoms with Gasteiger partial charge in [-0.15, -0.1) is 0 Å². The van der Waals surface area contributed by atoms with Crippen molar-refractivity contribution in [2.75, 3.05) is 0 Å². The fourth-order valence-corrected chi connectivity index (χ4v) is 2.12. The second kappa shape index (κ2) is 6.65. The van der Waals surface area contributed by atoms with Gasteiger partial charge in [-0.05, 0) is 47.2 Å². The number of carboxylic acids is 1. The molecule has 116 valence electrons. The molecular formula is C19H22O3. The number of hydrogen-bond acceptors (Lipinski definition) is 2. The molecule has 22 heavy (non-hydrogen) atoms. The van der Waals surface area contributed by atoms with Crippen LogP contribution in [0.3, 0.4) is 0 Å². The molecule has 0 amide bonds. The van der Waals surface area contributed by atoms with Gasteiger partial charge in [0.05, 0.1) is 5.56 Å². The second-order valence-corrected chi connectivity index (χ2v) is 6.05. The molecule has 2 rings (SSSR count). The van der Waals surface area contributed by atoms with E-state index in [1.807, 2.05) is 12.1 Å². The minimum Gasteiger partial charge on any atom is -0.489 e. The summed E-state index contributed by atoms with van der Waals surface area (Å²) in [5, 5.41) is 8.86. The van der Waals surface area contributed by atoms with Crippen LogP contribution in [0.15, 0.2) is 48.5 Å². The maximum absolute atomic E-state index is 10.8. The number of ether oxygens (including phenoxy) is 1. The SMILES string of the molecule is CCC(C)(C)c1ccc(OCc2ccc(C(=O)O)cc2)cc1. The maximum atomic E-state index is 10.8. The quantitative estimate of drug-likeness (QED) is 0.844. The molecule has 0 radical (unpaired) electrons. The molecule has 0 aliphatic carbocycles. The number of carboxylic acid groups (broad SMARTS) is 1. The molecule has 0 aliphatic heterocycles. The smallest absolute Gasteiger partial charge is 0.335 e. The van der Waals surface area contributed by atoms with E-state index in [2.05, 4.69) is 32.9 Å². The first-order valence-electron chi connectivity index (χ1n) is 7.48. The summed E-state index contributed by atoms with van der Waals surface area (Å²) in [6.45, 7) is 7.07. The Morgan fingerprint density at radius 1 is 1.05 bits per heavy atom. The van der Waals surface area contributed by atoms with E-state index in [0.717, 1.165) is 17.7 Å². The lowest BCUT2D eigenvalue weighted by Gasteiger charge is -2.23. The van der Waals surface area contributed by atoms with Crippen LogP contribution in [0.5, 0.6) is 5.75 Å². The molecule has 0 saturated heterocycles. The Morgan fingerprint density at radius 2 is 1.64 bits per heavy atom. The zero-order valence-corrected chi connectivity index (χ0v) is 13.3. The van der Waals surface area contributed by atoms with Gasteiger partial charge in [-0.1, -0.05) is 45.0 Å². The molecule has 0 heterocycles. The lowest BCUT2D eigenvalue weighted by atomic mass is 9.82. The van der Waals surface area contributed by atoms with E-state index in [0.29, 0.717) is 6.61 Å². The van der Waals surface area contributed by atoms with Crippen LogP contribution in [0.2, 0.25) is 0 Å². The molecule has 0 aromatic heterocycles. The predicted molar refractivity (Wildman–Crippen MR) is 87.5 cm³/mol. The van der Waals surface area contributed by atoms with E-state index in [1.165, 1.54) is 5.56 Å². The van der Waals surface area contributed by atoms with Gasteiger partial charge in [0.2, 0.25) is 0 Å². The summed E-state index contributed by atoms with van der Waals surface area (Å²) in [5.74, 6) is -0.0976. The highest BCUT2D eigenvalue weighted by atomic mass is 16.5. The number of carbonyl (C=O) groups is 1. The zero-order chi connectivity index (χ0) is 16.2. The Bertz CT molecular complexity index is 625. The molecule has 2 aromatic rings. The average molecular weight is 298 g/mol. The van der Waals surface area contributed by atoms with Crippen molar-refractivity contribution in [1.82, 2.24) is 0 Å². The summed E-state index contributed by atoms with van der Waals surface area (Å²) in [5.41, 5.74) is 2.71. The Morgan fingerprint density at radius 3 is 2.14 bits per heavy atom. The molecule has 0 bridgehead atoms. The highest BCUT2D eigenvalue weighted by Gasteiger charge is 2.17. The number of aromatic carboxylic acids is 1. The van der Waals surface area contributed by atoms with E-state index >= 15 is 0 Å². The fraction of sp³-hybridized carbons (Fsp3) is 0.316. The van der Waals surface area contributed by atoms with Crippen LogP contribution in [0.1, 0.15) is 48.7 Å². The first-order valence-corrected chi connectivity index (χ1v) is 7.48. The summed E-state index contributed by atoms with van der Waals surface area (Å²) in [6.07, 6.45) is 1.09. The Kier molecular flexibility index (Phi) is 4.86. The van der Waals surface area contributed by atoms with Gasteiger partial charge >= 0.3 is 5.97 Å². The predicted octanol–water partition coefficient (Wildman–Crippen LogP) is 4.65. The minimum atomic E-state index is -0.915. The van der Waals surface area contributed by atoms with Gasteiger partial charge in [0.1, 0.15) is 12.4 Å². The third-order valence-electron chi connectivity index (χ3n) is 4.13. The third kappa shape index (κ3) is 3.88. The summed E-state index contributed by atoms with van der Waals surface area (Å²) in [6, 6.07) is 14.9. The van der Waals surface area contributed by atoms with Gasteiger partial charge in [0.15, 0.2) is 0 Å². The van der Waals surface area contributed by atoms with Crippen molar-refractivity contribution in [3.05, 3.63) is 65.2 Å².